The summed E-state index contributed by atoms with van der Waals surface area (Å²) in [6.45, 7) is 1.90. The van der Waals surface area contributed by atoms with Crippen LogP contribution in [0.2, 0.25) is 0 Å². The van der Waals surface area contributed by atoms with Crippen LogP contribution in [0.1, 0.15) is 66.0 Å². The molecule has 2 N–H and O–H groups in total. The average Bonchev–Trinajstić information content (AvgIpc) is 3.26. The summed E-state index contributed by atoms with van der Waals surface area (Å²) >= 11 is 0. The Balaban J connectivity index is 0.000000244. The normalized spacial score (nSPS) is 11.1. The second-order valence-electron chi connectivity index (χ2n) is 14.4. The molecule has 6 rings (SSSR count). The van der Waals surface area contributed by atoms with E-state index in [1.807, 2.05) is 6.92 Å². The SMILES string of the molecule is CCCC(=O)Nc1cccc(-c2cc(C(F)(F)F)c(C#N)c(=O)n2Cc2ccccc2)c1.N#Cc1c(C(F)(F)F)cc(-c2cccc(OCCCC(=O)O)c2)n(Cc2ccccc2)c1=O. The fraction of sp³-hybridized carbons (Fsp3) is 0.208. The monoisotopic (exact) mass is 895 g/mol. The van der Waals surface area contributed by atoms with Gasteiger partial charge in [0.1, 0.15) is 29.0 Å². The number of carbonyl (C=O) groups is 2. The van der Waals surface area contributed by atoms with E-state index in [4.69, 9.17) is 9.84 Å². The minimum absolute atomic E-state index is 0.00299. The Morgan fingerprint density at radius 1 is 0.662 bits per heavy atom. The largest absolute Gasteiger partial charge is 0.494 e. The third-order valence-corrected chi connectivity index (χ3v) is 9.65. The van der Waals surface area contributed by atoms with Gasteiger partial charge >= 0.3 is 18.3 Å². The van der Waals surface area contributed by atoms with E-state index < -0.39 is 51.7 Å². The number of rotatable bonds is 14. The second kappa shape index (κ2) is 21.4. The maximum absolute atomic E-state index is 13.6. The predicted molar refractivity (Wildman–Crippen MR) is 229 cm³/mol. The van der Waals surface area contributed by atoms with E-state index in [2.05, 4.69) is 5.32 Å². The van der Waals surface area contributed by atoms with Crippen LogP contribution < -0.4 is 21.2 Å². The Kier molecular flexibility index (Phi) is 15.9. The molecular weight excluding hydrogens is 857 g/mol. The van der Waals surface area contributed by atoms with Crippen molar-refractivity contribution < 1.29 is 45.8 Å². The van der Waals surface area contributed by atoms with E-state index in [0.29, 0.717) is 41.0 Å². The second-order valence-corrected chi connectivity index (χ2v) is 14.4. The lowest BCUT2D eigenvalue weighted by Gasteiger charge is -2.18. The number of hydrogen-bond donors (Lipinski definition) is 2. The molecule has 0 saturated carbocycles. The summed E-state index contributed by atoms with van der Waals surface area (Å²) in [7, 11) is 0. The molecule has 0 aliphatic rings. The van der Waals surface area contributed by atoms with Crippen LogP contribution in [0.4, 0.5) is 32.0 Å². The number of ether oxygens (including phenoxy) is 1. The van der Waals surface area contributed by atoms with Gasteiger partial charge in [-0.05, 0) is 60.4 Å². The summed E-state index contributed by atoms with van der Waals surface area (Å²) in [4.78, 5) is 48.5. The van der Waals surface area contributed by atoms with E-state index in [1.165, 1.54) is 30.3 Å². The van der Waals surface area contributed by atoms with Crippen LogP contribution in [0, 0.1) is 22.7 Å². The first kappa shape index (κ1) is 48.1. The number of nitrogens with zero attached hydrogens (tertiary/aromatic N) is 4. The first-order valence-electron chi connectivity index (χ1n) is 19.9. The van der Waals surface area contributed by atoms with Gasteiger partial charge in [0.2, 0.25) is 5.91 Å². The van der Waals surface area contributed by atoms with Crippen LogP contribution in [0.15, 0.2) is 131 Å². The molecule has 0 atom stereocenters. The van der Waals surface area contributed by atoms with Gasteiger partial charge < -0.3 is 24.3 Å². The van der Waals surface area contributed by atoms with Crippen molar-refractivity contribution in [2.75, 3.05) is 11.9 Å². The van der Waals surface area contributed by atoms with Crippen molar-refractivity contribution in [3.05, 3.63) is 175 Å². The van der Waals surface area contributed by atoms with Gasteiger partial charge in [-0.1, -0.05) is 91.9 Å². The molecule has 2 aromatic heterocycles. The van der Waals surface area contributed by atoms with Crippen molar-refractivity contribution in [3.63, 3.8) is 0 Å². The Hall–Kier alpha value is -7.92. The molecule has 0 fully saturated rings. The van der Waals surface area contributed by atoms with E-state index >= 15 is 0 Å². The molecule has 1 amide bonds. The molecular formula is C48H39F6N5O6. The minimum Gasteiger partial charge on any atom is -0.494 e. The van der Waals surface area contributed by atoms with Gasteiger partial charge in [0, 0.05) is 29.7 Å². The number of carboxylic acid groups (broad SMARTS) is 1. The summed E-state index contributed by atoms with van der Waals surface area (Å²) in [6.07, 6.45) is -8.65. The van der Waals surface area contributed by atoms with E-state index in [0.717, 1.165) is 21.3 Å². The summed E-state index contributed by atoms with van der Waals surface area (Å²) in [5.74, 6) is -0.869. The van der Waals surface area contributed by atoms with Crippen LogP contribution in [-0.2, 0) is 35.0 Å². The highest BCUT2D eigenvalue weighted by atomic mass is 19.4. The van der Waals surface area contributed by atoms with Crippen LogP contribution in [0.5, 0.6) is 5.75 Å². The van der Waals surface area contributed by atoms with Gasteiger partial charge in [-0.3, -0.25) is 19.2 Å². The highest BCUT2D eigenvalue weighted by Crippen LogP contribution is 2.36. The molecule has 0 bridgehead atoms. The fourth-order valence-corrected chi connectivity index (χ4v) is 6.65. The first-order valence-corrected chi connectivity index (χ1v) is 19.9. The van der Waals surface area contributed by atoms with Crippen LogP contribution >= 0.6 is 0 Å². The summed E-state index contributed by atoms with van der Waals surface area (Å²) in [5.41, 5.74) is -4.26. The lowest BCUT2D eigenvalue weighted by Crippen LogP contribution is -2.28. The number of amides is 1. The van der Waals surface area contributed by atoms with E-state index in [9.17, 15) is 56.0 Å². The van der Waals surface area contributed by atoms with Crippen LogP contribution in [0.25, 0.3) is 22.5 Å². The van der Waals surface area contributed by atoms with Crippen LogP contribution in [0.3, 0.4) is 0 Å². The number of aliphatic carboxylic acids is 1. The van der Waals surface area contributed by atoms with Crippen molar-refractivity contribution in [3.8, 4) is 40.4 Å². The number of carboxylic acids is 1. The van der Waals surface area contributed by atoms with Crippen molar-refractivity contribution in [2.45, 2.75) is 58.0 Å². The number of carbonyl (C=O) groups excluding carboxylic acids is 1. The number of halogens is 6. The number of nitrogens with one attached hydrogen (secondary N) is 1. The van der Waals surface area contributed by atoms with Crippen LogP contribution in [-0.4, -0.2) is 32.7 Å². The number of nitriles is 2. The Bertz CT molecular complexity index is 2860. The third kappa shape index (κ3) is 12.6. The van der Waals surface area contributed by atoms with E-state index in [-0.39, 0.29) is 55.4 Å². The number of aromatic nitrogens is 2. The zero-order chi connectivity index (χ0) is 47.3. The van der Waals surface area contributed by atoms with Gasteiger partial charge in [-0.2, -0.15) is 36.9 Å². The van der Waals surface area contributed by atoms with E-state index in [1.54, 1.807) is 91.0 Å². The topological polar surface area (TPSA) is 167 Å². The minimum atomic E-state index is -4.89. The highest BCUT2D eigenvalue weighted by Gasteiger charge is 2.38. The maximum atomic E-state index is 13.6. The zero-order valence-electron chi connectivity index (χ0n) is 34.5. The van der Waals surface area contributed by atoms with Crippen molar-refractivity contribution in [1.29, 1.82) is 10.5 Å². The molecule has 2 heterocycles. The molecule has 0 radical (unpaired) electrons. The number of anilines is 1. The van der Waals surface area contributed by atoms with Gasteiger partial charge in [0.05, 0.1) is 42.2 Å². The molecule has 0 unspecified atom stereocenters. The van der Waals surface area contributed by atoms with Gasteiger partial charge in [-0.25, -0.2) is 0 Å². The molecule has 4 aromatic carbocycles. The highest BCUT2D eigenvalue weighted by molar-refractivity contribution is 5.91. The summed E-state index contributed by atoms with van der Waals surface area (Å²) in [6, 6.07) is 34.3. The molecule has 0 aliphatic heterocycles. The standard InChI is InChI=1S/C24H20F3N3O2.C24H19F3N2O4/c1-2-7-22(31)29-18-11-6-10-17(12-18)21-13-20(24(25,26)27)19(14-28)23(32)30(21)15-16-8-4-3-5-9-16;25-24(26,27)20-13-21(17-8-4-9-18(12-17)33-11-5-10-22(30)31)29(23(32)19(20)14-28)15-16-6-2-1-3-7-16/h3-6,8-13H,2,7,15H2,1H3,(H,29,31);1-4,6-9,12-13H,5,10-11,15H2,(H,30,31). The summed E-state index contributed by atoms with van der Waals surface area (Å²) < 4.78 is 89.7. The maximum Gasteiger partial charge on any atom is 0.417 e. The Morgan fingerprint density at radius 3 is 1.58 bits per heavy atom. The third-order valence-electron chi connectivity index (χ3n) is 9.65. The molecule has 0 spiro atoms. The molecule has 17 heteroatoms. The fourth-order valence-electron chi connectivity index (χ4n) is 6.65. The molecule has 11 nitrogen and oxygen atoms in total. The average molecular weight is 896 g/mol. The number of benzene rings is 4. The van der Waals surface area contributed by atoms with Gasteiger partial charge in [-0.15, -0.1) is 0 Å². The van der Waals surface area contributed by atoms with Crippen molar-refractivity contribution in [1.82, 2.24) is 9.13 Å². The molecule has 0 saturated heterocycles. The number of hydrogen-bond acceptors (Lipinski definition) is 7. The van der Waals surface area contributed by atoms with Crippen molar-refractivity contribution in [2.24, 2.45) is 0 Å². The zero-order valence-corrected chi connectivity index (χ0v) is 34.5. The van der Waals surface area contributed by atoms with Gasteiger partial charge in [0.15, 0.2) is 0 Å². The molecule has 334 valence electrons. The molecule has 6 aromatic rings. The predicted octanol–water partition coefficient (Wildman–Crippen LogP) is 9.89. The quantitative estimate of drug-likeness (QED) is 0.0805. The van der Waals surface area contributed by atoms with Crippen molar-refractivity contribution >= 4 is 17.6 Å². The number of pyridine rings is 2. The Morgan fingerprint density at radius 2 is 1.14 bits per heavy atom. The lowest BCUT2D eigenvalue weighted by atomic mass is 10.0. The number of alkyl halides is 6. The molecule has 65 heavy (non-hydrogen) atoms. The van der Waals surface area contributed by atoms with Gasteiger partial charge in [0.25, 0.3) is 11.1 Å². The first-order chi connectivity index (χ1) is 30.9. The Labute approximate surface area is 368 Å². The summed E-state index contributed by atoms with van der Waals surface area (Å²) in [5, 5.41) is 30.0. The lowest BCUT2D eigenvalue weighted by molar-refractivity contribution is -0.138. The molecule has 0 aliphatic carbocycles. The smallest absolute Gasteiger partial charge is 0.417 e.